The fourth-order valence-corrected chi connectivity index (χ4v) is 2.59. The van der Waals surface area contributed by atoms with E-state index in [9.17, 15) is 4.79 Å². The number of ketones is 1. The van der Waals surface area contributed by atoms with E-state index in [2.05, 4.69) is 0 Å². The maximum Gasteiger partial charge on any atom is 0.137 e. The highest BCUT2D eigenvalue weighted by Gasteiger charge is 2.17. The van der Waals surface area contributed by atoms with Crippen molar-refractivity contribution in [2.45, 2.75) is 45.1 Å². The molecule has 1 aliphatic heterocycles. The second-order valence-electron chi connectivity index (χ2n) is 4.98. The molecule has 0 spiro atoms. The van der Waals surface area contributed by atoms with Crippen LogP contribution in [0.25, 0.3) is 0 Å². The van der Waals surface area contributed by atoms with Crippen LogP contribution in [0.1, 0.15) is 36.8 Å². The second-order valence-corrected chi connectivity index (χ2v) is 5.39. The summed E-state index contributed by atoms with van der Waals surface area (Å²) in [7, 11) is 0. The van der Waals surface area contributed by atoms with Crippen molar-refractivity contribution in [2.75, 3.05) is 6.61 Å². The Kier molecular flexibility index (Phi) is 4.79. The van der Waals surface area contributed by atoms with Gasteiger partial charge in [-0.3, -0.25) is 4.79 Å². The Labute approximate surface area is 113 Å². The summed E-state index contributed by atoms with van der Waals surface area (Å²) in [5, 5.41) is 0.695. The number of hydrogen-bond acceptors (Lipinski definition) is 2. The van der Waals surface area contributed by atoms with Gasteiger partial charge < -0.3 is 4.74 Å². The molecule has 0 aliphatic carbocycles. The molecule has 1 saturated heterocycles. The van der Waals surface area contributed by atoms with Crippen LogP contribution in [-0.4, -0.2) is 18.5 Å². The molecular weight excluding hydrogens is 248 g/mol. The fraction of sp³-hybridized carbons (Fsp3) is 0.533. The lowest BCUT2D eigenvalue weighted by atomic mass is 10.0. The normalized spacial score (nSPS) is 19.1. The van der Waals surface area contributed by atoms with Crippen molar-refractivity contribution in [1.82, 2.24) is 0 Å². The molecular formula is C15H19ClO2. The van der Waals surface area contributed by atoms with E-state index in [1.54, 1.807) is 0 Å². The third-order valence-electron chi connectivity index (χ3n) is 3.37. The minimum absolute atomic E-state index is 0.247. The number of Topliss-reactive ketones (excluding diaryl/α,β-unsaturated/α-hetero) is 1. The van der Waals surface area contributed by atoms with Crippen molar-refractivity contribution < 1.29 is 9.53 Å². The van der Waals surface area contributed by atoms with Gasteiger partial charge in [-0.1, -0.05) is 23.7 Å². The number of aryl methyl sites for hydroxylation is 1. The molecule has 1 aromatic carbocycles. The lowest BCUT2D eigenvalue weighted by Gasteiger charge is -2.09. The van der Waals surface area contributed by atoms with Gasteiger partial charge in [0.15, 0.2) is 0 Å². The summed E-state index contributed by atoms with van der Waals surface area (Å²) < 4.78 is 5.51. The van der Waals surface area contributed by atoms with E-state index in [1.807, 2.05) is 25.1 Å². The molecule has 0 radical (unpaired) electrons. The van der Waals surface area contributed by atoms with E-state index in [1.165, 1.54) is 0 Å². The predicted octanol–water partition coefficient (Wildman–Crippen LogP) is 3.72. The van der Waals surface area contributed by atoms with E-state index < -0.39 is 0 Å². The van der Waals surface area contributed by atoms with Gasteiger partial charge in [-0.25, -0.2) is 0 Å². The van der Waals surface area contributed by atoms with Gasteiger partial charge in [0.2, 0.25) is 0 Å². The first-order chi connectivity index (χ1) is 8.65. The molecule has 2 nitrogen and oxygen atoms in total. The fourth-order valence-electron chi connectivity index (χ4n) is 2.29. The third kappa shape index (κ3) is 3.82. The Hall–Kier alpha value is -0.860. The first-order valence-electron chi connectivity index (χ1n) is 6.53. The third-order valence-corrected chi connectivity index (χ3v) is 3.72. The molecule has 1 fully saturated rings. The van der Waals surface area contributed by atoms with Crippen molar-refractivity contribution in [1.29, 1.82) is 0 Å². The summed E-state index contributed by atoms with van der Waals surface area (Å²) in [6.45, 7) is 2.84. The van der Waals surface area contributed by atoms with Crippen molar-refractivity contribution in [3.05, 3.63) is 34.3 Å². The monoisotopic (exact) mass is 266 g/mol. The molecule has 18 heavy (non-hydrogen) atoms. The maximum atomic E-state index is 11.9. The SMILES string of the molecule is Cc1ccc(CC(=O)CCC2CCCO2)c(Cl)c1. The Morgan fingerprint density at radius 3 is 3.00 bits per heavy atom. The second kappa shape index (κ2) is 6.35. The lowest BCUT2D eigenvalue weighted by Crippen LogP contribution is -2.10. The molecule has 1 heterocycles. The van der Waals surface area contributed by atoms with E-state index in [-0.39, 0.29) is 5.78 Å². The van der Waals surface area contributed by atoms with Crippen LogP contribution in [0.2, 0.25) is 5.02 Å². The quantitative estimate of drug-likeness (QED) is 0.812. The Bertz CT molecular complexity index is 423. The summed E-state index contributed by atoms with van der Waals surface area (Å²) in [6, 6.07) is 5.85. The molecule has 3 heteroatoms. The highest BCUT2D eigenvalue weighted by Crippen LogP contribution is 2.20. The summed E-state index contributed by atoms with van der Waals surface area (Å²) in [5.74, 6) is 0.247. The average molecular weight is 267 g/mol. The van der Waals surface area contributed by atoms with Gasteiger partial charge >= 0.3 is 0 Å². The molecule has 1 aliphatic rings. The maximum absolute atomic E-state index is 11.9. The van der Waals surface area contributed by atoms with Crippen molar-refractivity contribution in [3.63, 3.8) is 0 Å². The molecule has 0 saturated carbocycles. The summed E-state index contributed by atoms with van der Waals surface area (Å²) in [6.07, 6.45) is 4.40. The average Bonchev–Trinajstić information content (AvgIpc) is 2.83. The lowest BCUT2D eigenvalue weighted by molar-refractivity contribution is -0.119. The Morgan fingerprint density at radius 2 is 2.33 bits per heavy atom. The van der Waals surface area contributed by atoms with Gasteiger partial charge in [-0.15, -0.1) is 0 Å². The van der Waals surface area contributed by atoms with Crippen molar-refractivity contribution in [3.8, 4) is 0 Å². The van der Waals surface area contributed by atoms with Crippen molar-refractivity contribution in [2.24, 2.45) is 0 Å². The molecule has 1 aromatic rings. The number of rotatable bonds is 5. The minimum atomic E-state index is 0.247. The number of carbonyl (C=O) groups excluding carboxylic acids is 1. The van der Waals surface area contributed by atoms with Gasteiger partial charge in [-0.05, 0) is 43.4 Å². The molecule has 0 aromatic heterocycles. The van der Waals surface area contributed by atoms with E-state index in [0.717, 1.165) is 37.0 Å². The Morgan fingerprint density at radius 1 is 1.50 bits per heavy atom. The zero-order valence-corrected chi connectivity index (χ0v) is 11.5. The number of ether oxygens (including phenoxy) is 1. The molecule has 0 amide bonds. The first kappa shape index (κ1) is 13.6. The van der Waals surface area contributed by atoms with Crippen molar-refractivity contribution >= 4 is 17.4 Å². The van der Waals surface area contributed by atoms with Crippen LogP contribution in [0.4, 0.5) is 0 Å². The molecule has 0 bridgehead atoms. The number of hydrogen-bond donors (Lipinski definition) is 0. The van der Waals surface area contributed by atoms with Gasteiger partial charge in [0.05, 0.1) is 6.10 Å². The van der Waals surface area contributed by atoms with Crippen LogP contribution in [0.15, 0.2) is 18.2 Å². The molecule has 1 unspecified atom stereocenters. The highest BCUT2D eigenvalue weighted by atomic mass is 35.5. The summed E-state index contributed by atoms with van der Waals surface area (Å²) in [5.41, 5.74) is 2.05. The summed E-state index contributed by atoms with van der Waals surface area (Å²) in [4.78, 5) is 11.9. The molecule has 2 rings (SSSR count). The van der Waals surface area contributed by atoms with Crippen LogP contribution in [0.3, 0.4) is 0 Å². The highest BCUT2D eigenvalue weighted by molar-refractivity contribution is 6.31. The standard InChI is InChI=1S/C15H19ClO2/c1-11-4-5-12(15(16)9-11)10-13(17)6-7-14-3-2-8-18-14/h4-5,9,14H,2-3,6-8,10H2,1H3. The Balaban J connectivity index is 1.82. The smallest absolute Gasteiger partial charge is 0.137 e. The van der Waals surface area contributed by atoms with Crippen LogP contribution in [0.5, 0.6) is 0 Å². The van der Waals surface area contributed by atoms with Crippen LogP contribution in [0, 0.1) is 6.92 Å². The van der Waals surface area contributed by atoms with Crippen LogP contribution >= 0.6 is 11.6 Å². The number of carbonyl (C=O) groups is 1. The number of benzene rings is 1. The minimum Gasteiger partial charge on any atom is -0.378 e. The topological polar surface area (TPSA) is 26.3 Å². The van der Waals surface area contributed by atoms with Gasteiger partial charge in [0, 0.05) is 24.5 Å². The zero-order chi connectivity index (χ0) is 13.0. The van der Waals surface area contributed by atoms with Gasteiger partial charge in [0.1, 0.15) is 5.78 Å². The van der Waals surface area contributed by atoms with Crippen LogP contribution < -0.4 is 0 Å². The van der Waals surface area contributed by atoms with Gasteiger partial charge in [-0.2, -0.15) is 0 Å². The zero-order valence-electron chi connectivity index (χ0n) is 10.7. The van der Waals surface area contributed by atoms with E-state index >= 15 is 0 Å². The van der Waals surface area contributed by atoms with E-state index in [4.69, 9.17) is 16.3 Å². The predicted molar refractivity (Wildman–Crippen MR) is 73.1 cm³/mol. The van der Waals surface area contributed by atoms with Gasteiger partial charge in [0.25, 0.3) is 0 Å². The van der Waals surface area contributed by atoms with Crippen LogP contribution in [-0.2, 0) is 16.0 Å². The molecule has 98 valence electrons. The molecule has 1 atom stereocenters. The van der Waals surface area contributed by atoms with E-state index in [0.29, 0.717) is 24.0 Å². The largest absolute Gasteiger partial charge is 0.378 e. The summed E-state index contributed by atoms with van der Waals surface area (Å²) >= 11 is 6.12. The first-order valence-corrected chi connectivity index (χ1v) is 6.91. The number of halogens is 1. The molecule has 0 N–H and O–H groups in total.